The zero-order valence-corrected chi connectivity index (χ0v) is 9.57. The molecule has 0 radical (unpaired) electrons. The van der Waals surface area contributed by atoms with E-state index in [1.165, 1.54) is 0 Å². The molecule has 1 fully saturated rings. The zero-order valence-electron chi connectivity index (χ0n) is 9.57. The van der Waals surface area contributed by atoms with Crippen molar-refractivity contribution in [3.8, 4) is 11.5 Å². The Hall–Kier alpha value is -1.30. The maximum atomic E-state index is 5.66. The largest absolute Gasteiger partial charge is 0.490 e. The third kappa shape index (κ3) is 1.76. The molecule has 2 aliphatic heterocycles. The van der Waals surface area contributed by atoms with Gasteiger partial charge in [-0.1, -0.05) is 6.07 Å². The van der Waals surface area contributed by atoms with Crippen LogP contribution in [0, 0.1) is 0 Å². The minimum Gasteiger partial charge on any atom is -0.490 e. The zero-order chi connectivity index (χ0) is 11.7. The second-order valence-electron chi connectivity index (χ2n) is 4.43. The Morgan fingerprint density at radius 1 is 1.12 bits per heavy atom. The van der Waals surface area contributed by atoms with Gasteiger partial charge in [0, 0.05) is 6.42 Å². The van der Waals surface area contributed by atoms with Crippen LogP contribution in [-0.2, 0) is 10.3 Å². The van der Waals surface area contributed by atoms with Crippen molar-refractivity contribution < 1.29 is 14.2 Å². The summed E-state index contributed by atoms with van der Waals surface area (Å²) in [5.41, 5.74) is 3.64. The summed E-state index contributed by atoms with van der Waals surface area (Å²) in [7, 11) is 0. The predicted molar refractivity (Wildman–Crippen MR) is 61.9 cm³/mol. The van der Waals surface area contributed by atoms with Gasteiger partial charge in [0.1, 0.15) is 5.54 Å². The van der Waals surface area contributed by atoms with Gasteiger partial charge in [0.05, 0.1) is 26.4 Å². The first-order valence-electron chi connectivity index (χ1n) is 5.80. The molecule has 0 saturated carbocycles. The third-order valence-electron chi connectivity index (χ3n) is 3.27. The number of hydrazine groups is 1. The smallest absolute Gasteiger partial charge is 0.161 e. The third-order valence-corrected chi connectivity index (χ3v) is 3.27. The highest BCUT2D eigenvalue weighted by molar-refractivity contribution is 5.46. The Kier molecular flexibility index (Phi) is 2.66. The molecule has 2 aliphatic rings. The Morgan fingerprint density at radius 3 is 2.53 bits per heavy atom. The molecule has 1 aromatic rings. The highest BCUT2D eigenvalue weighted by Crippen LogP contribution is 2.36. The molecule has 17 heavy (non-hydrogen) atoms. The molecule has 0 bridgehead atoms. The second-order valence-corrected chi connectivity index (χ2v) is 4.43. The van der Waals surface area contributed by atoms with E-state index in [2.05, 4.69) is 5.43 Å². The lowest BCUT2D eigenvalue weighted by atomic mass is 9.88. The van der Waals surface area contributed by atoms with Crippen molar-refractivity contribution in [2.24, 2.45) is 5.84 Å². The molecule has 1 saturated heterocycles. The molecule has 1 aromatic carbocycles. The highest BCUT2D eigenvalue weighted by Gasteiger charge is 2.40. The Bertz CT molecular complexity index is 413. The van der Waals surface area contributed by atoms with Crippen LogP contribution in [0.25, 0.3) is 0 Å². The fourth-order valence-corrected chi connectivity index (χ4v) is 2.10. The Labute approximate surface area is 99.8 Å². The van der Waals surface area contributed by atoms with Gasteiger partial charge in [0.15, 0.2) is 11.5 Å². The van der Waals surface area contributed by atoms with Crippen LogP contribution in [0.2, 0.25) is 0 Å². The van der Waals surface area contributed by atoms with Crippen LogP contribution in [0.4, 0.5) is 0 Å². The van der Waals surface area contributed by atoms with Gasteiger partial charge < -0.3 is 14.2 Å². The number of nitrogens with one attached hydrogen (secondary N) is 1. The van der Waals surface area contributed by atoms with Gasteiger partial charge in [-0.3, -0.25) is 5.84 Å². The summed E-state index contributed by atoms with van der Waals surface area (Å²) in [4.78, 5) is 0. The van der Waals surface area contributed by atoms with Crippen molar-refractivity contribution in [1.29, 1.82) is 0 Å². The lowest BCUT2D eigenvalue weighted by Crippen LogP contribution is -2.60. The topological polar surface area (TPSA) is 65.7 Å². The first-order valence-corrected chi connectivity index (χ1v) is 5.80. The summed E-state index contributed by atoms with van der Waals surface area (Å²) in [6.07, 6.45) is 0.910. The molecule has 5 heteroatoms. The molecule has 0 aromatic heterocycles. The molecule has 0 amide bonds. The van der Waals surface area contributed by atoms with Crippen LogP contribution in [0.1, 0.15) is 12.0 Å². The van der Waals surface area contributed by atoms with Gasteiger partial charge >= 0.3 is 0 Å². The summed E-state index contributed by atoms with van der Waals surface area (Å²) < 4.78 is 16.5. The number of fused-ring (bicyclic) bond motifs is 1. The van der Waals surface area contributed by atoms with Gasteiger partial charge in [-0.05, 0) is 17.7 Å². The Balaban J connectivity index is 1.94. The van der Waals surface area contributed by atoms with Crippen molar-refractivity contribution >= 4 is 0 Å². The van der Waals surface area contributed by atoms with E-state index in [1.54, 1.807) is 0 Å². The SMILES string of the molecule is NNC1(c2ccc3c(c2)OCCCO3)COC1. The van der Waals surface area contributed by atoms with Crippen molar-refractivity contribution in [2.75, 3.05) is 26.4 Å². The van der Waals surface area contributed by atoms with Crippen molar-refractivity contribution in [3.63, 3.8) is 0 Å². The molecule has 3 N–H and O–H groups in total. The first kappa shape index (κ1) is 10.8. The molecule has 0 aliphatic carbocycles. The lowest BCUT2D eigenvalue weighted by molar-refractivity contribution is -0.0787. The van der Waals surface area contributed by atoms with E-state index in [0.29, 0.717) is 26.4 Å². The summed E-state index contributed by atoms with van der Waals surface area (Å²) >= 11 is 0. The summed E-state index contributed by atoms with van der Waals surface area (Å²) in [5.74, 6) is 7.20. The van der Waals surface area contributed by atoms with Crippen molar-refractivity contribution in [2.45, 2.75) is 12.0 Å². The fraction of sp³-hybridized carbons (Fsp3) is 0.500. The van der Waals surface area contributed by atoms with E-state index >= 15 is 0 Å². The van der Waals surface area contributed by atoms with E-state index < -0.39 is 0 Å². The molecular weight excluding hydrogens is 220 g/mol. The van der Waals surface area contributed by atoms with Gasteiger partial charge in [-0.2, -0.15) is 0 Å². The molecular formula is C12H16N2O3. The maximum Gasteiger partial charge on any atom is 0.161 e. The van der Waals surface area contributed by atoms with Crippen LogP contribution in [0.15, 0.2) is 18.2 Å². The van der Waals surface area contributed by atoms with Gasteiger partial charge in [0.25, 0.3) is 0 Å². The lowest BCUT2D eigenvalue weighted by Gasteiger charge is -2.41. The number of nitrogens with two attached hydrogens (primary N) is 1. The second kappa shape index (κ2) is 4.18. The van der Waals surface area contributed by atoms with Crippen molar-refractivity contribution in [3.05, 3.63) is 23.8 Å². The Morgan fingerprint density at radius 2 is 1.88 bits per heavy atom. The number of benzene rings is 1. The van der Waals surface area contributed by atoms with E-state index in [4.69, 9.17) is 20.1 Å². The van der Waals surface area contributed by atoms with Crippen LogP contribution in [0.5, 0.6) is 11.5 Å². The summed E-state index contributed by atoms with van der Waals surface area (Å²) in [6.45, 7) is 2.57. The average molecular weight is 236 g/mol. The quantitative estimate of drug-likeness (QED) is 0.579. The number of hydrogen-bond acceptors (Lipinski definition) is 5. The van der Waals surface area contributed by atoms with Gasteiger partial charge in [0.2, 0.25) is 0 Å². The maximum absolute atomic E-state index is 5.66. The molecule has 0 spiro atoms. The molecule has 5 nitrogen and oxygen atoms in total. The van der Waals surface area contributed by atoms with Crippen LogP contribution < -0.4 is 20.7 Å². The predicted octanol–water partition coefficient (Wildman–Crippen LogP) is 0.537. The van der Waals surface area contributed by atoms with Crippen LogP contribution in [-0.4, -0.2) is 26.4 Å². The molecule has 0 atom stereocenters. The number of ether oxygens (including phenoxy) is 3. The van der Waals surface area contributed by atoms with E-state index in [-0.39, 0.29) is 5.54 Å². The van der Waals surface area contributed by atoms with Crippen molar-refractivity contribution in [1.82, 2.24) is 5.43 Å². The first-order chi connectivity index (χ1) is 8.34. The van der Waals surface area contributed by atoms with Gasteiger partial charge in [-0.25, -0.2) is 5.43 Å². The van der Waals surface area contributed by atoms with Gasteiger partial charge in [-0.15, -0.1) is 0 Å². The molecule has 0 unspecified atom stereocenters. The molecule has 92 valence electrons. The highest BCUT2D eigenvalue weighted by atomic mass is 16.5. The minimum absolute atomic E-state index is 0.273. The van der Waals surface area contributed by atoms with Crippen LogP contribution in [0.3, 0.4) is 0 Å². The minimum atomic E-state index is -0.273. The summed E-state index contributed by atoms with van der Waals surface area (Å²) in [5, 5.41) is 0. The van der Waals surface area contributed by atoms with E-state index in [9.17, 15) is 0 Å². The fourth-order valence-electron chi connectivity index (χ4n) is 2.10. The van der Waals surface area contributed by atoms with Crippen LogP contribution >= 0.6 is 0 Å². The average Bonchev–Trinajstić information content (AvgIpc) is 2.53. The van der Waals surface area contributed by atoms with E-state index in [1.807, 2.05) is 18.2 Å². The van der Waals surface area contributed by atoms with E-state index in [0.717, 1.165) is 23.5 Å². The number of rotatable bonds is 2. The normalized spacial score (nSPS) is 21.5. The standard InChI is InChI=1S/C12H16N2O3/c13-14-12(7-15-8-12)9-2-3-10-11(6-9)17-5-1-4-16-10/h2-3,6,14H,1,4-5,7-8,13H2. The monoisotopic (exact) mass is 236 g/mol. The summed E-state index contributed by atoms with van der Waals surface area (Å²) in [6, 6.07) is 5.94. The molecule has 3 rings (SSSR count). The number of hydrogen-bond donors (Lipinski definition) is 2. The molecule has 2 heterocycles.